The molecule has 0 atom stereocenters. The van der Waals surface area contributed by atoms with Gasteiger partial charge in [0.15, 0.2) is 0 Å². The lowest BCUT2D eigenvalue weighted by Crippen LogP contribution is -2.38. The molecule has 0 bridgehead atoms. The third-order valence-electron chi connectivity index (χ3n) is 5.17. The van der Waals surface area contributed by atoms with Crippen molar-refractivity contribution in [3.8, 4) is 0 Å². The Kier molecular flexibility index (Phi) is 5.22. The minimum Gasteiger partial charge on any atom is -0.339 e. The number of pyridine rings is 1. The van der Waals surface area contributed by atoms with Crippen molar-refractivity contribution >= 4 is 5.91 Å². The number of rotatable bonds is 3. The number of carbonyl (C=O) groups excluding carboxylic acids is 1. The Morgan fingerprint density at radius 3 is 2.20 bits per heavy atom. The summed E-state index contributed by atoms with van der Waals surface area (Å²) in [5.74, 6) is 0.803. The number of benzene rings is 1. The van der Waals surface area contributed by atoms with E-state index in [1.807, 2.05) is 4.90 Å². The van der Waals surface area contributed by atoms with Crippen LogP contribution < -0.4 is 0 Å². The fourth-order valence-corrected chi connectivity index (χ4v) is 3.49. The van der Waals surface area contributed by atoms with Crippen LogP contribution in [0.5, 0.6) is 0 Å². The molecule has 3 rings (SSSR count). The predicted molar refractivity (Wildman–Crippen MR) is 102 cm³/mol. The summed E-state index contributed by atoms with van der Waals surface area (Å²) in [7, 11) is 0. The lowest BCUT2D eigenvalue weighted by Gasteiger charge is -2.32. The van der Waals surface area contributed by atoms with Crippen LogP contribution in [0.15, 0.2) is 48.8 Å². The first-order valence-electron chi connectivity index (χ1n) is 9.22. The average Bonchev–Trinajstić information content (AvgIpc) is 2.62. The molecule has 0 N–H and O–H groups in total. The van der Waals surface area contributed by atoms with Crippen LogP contribution >= 0.6 is 0 Å². The van der Waals surface area contributed by atoms with Crippen LogP contribution in [0.4, 0.5) is 0 Å². The normalized spacial score (nSPS) is 16.0. The Bertz CT molecular complexity index is 693. The van der Waals surface area contributed by atoms with Gasteiger partial charge in [-0.3, -0.25) is 9.78 Å². The topological polar surface area (TPSA) is 33.2 Å². The molecule has 2 heterocycles. The van der Waals surface area contributed by atoms with E-state index in [0.29, 0.717) is 5.92 Å². The zero-order chi connectivity index (χ0) is 17.9. The van der Waals surface area contributed by atoms with Gasteiger partial charge in [0.05, 0.1) is 0 Å². The molecule has 3 heteroatoms. The van der Waals surface area contributed by atoms with E-state index in [-0.39, 0.29) is 11.3 Å². The minimum absolute atomic E-state index is 0.135. The van der Waals surface area contributed by atoms with E-state index in [1.54, 1.807) is 24.5 Å². The van der Waals surface area contributed by atoms with E-state index in [4.69, 9.17) is 0 Å². The highest BCUT2D eigenvalue weighted by Gasteiger charge is 2.24. The molecule has 2 aromatic rings. The molecule has 132 valence electrons. The summed E-state index contributed by atoms with van der Waals surface area (Å²) in [5, 5.41) is 0. The molecule has 1 aromatic heterocycles. The van der Waals surface area contributed by atoms with Crippen LogP contribution in [0.2, 0.25) is 0 Å². The molecule has 3 nitrogen and oxygen atoms in total. The third kappa shape index (κ3) is 4.47. The molecule has 0 aliphatic carbocycles. The van der Waals surface area contributed by atoms with Gasteiger partial charge >= 0.3 is 0 Å². The van der Waals surface area contributed by atoms with E-state index in [2.05, 4.69) is 50.0 Å². The second-order valence-electron chi connectivity index (χ2n) is 8.12. The Labute approximate surface area is 151 Å². The van der Waals surface area contributed by atoms with Gasteiger partial charge in [-0.25, -0.2) is 0 Å². The van der Waals surface area contributed by atoms with Crippen LogP contribution in [0.25, 0.3) is 0 Å². The summed E-state index contributed by atoms with van der Waals surface area (Å²) < 4.78 is 0. The van der Waals surface area contributed by atoms with Crippen molar-refractivity contribution in [2.24, 2.45) is 5.92 Å². The van der Waals surface area contributed by atoms with E-state index in [0.717, 1.165) is 37.9 Å². The van der Waals surface area contributed by atoms with E-state index in [9.17, 15) is 4.79 Å². The van der Waals surface area contributed by atoms with Gasteiger partial charge in [0, 0.05) is 31.0 Å². The number of nitrogens with zero attached hydrogens (tertiary/aromatic N) is 2. The highest BCUT2D eigenvalue weighted by atomic mass is 16.2. The Balaban J connectivity index is 1.53. The largest absolute Gasteiger partial charge is 0.339 e. The summed E-state index contributed by atoms with van der Waals surface area (Å²) in [5.41, 5.74) is 3.74. The summed E-state index contributed by atoms with van der Waals surface area (Å²) in [6.45, 7) is 8.45. The fraction of sp³-hybridized carbons (Fsp3) is 0.455. The van der Waals surface area contributed by atoms with Crippen molar-refractivity contribution in [1.82, 2.24) is 9.88 Å². The zero-order valence-corrected chi connectivity index (χ0v) is 15.5. The van der Waals surface area contributed by atoms with Crippen LogP contribution in [0, 0.1) is 5.92 Å². The molecule has 25 heavy (non-hydrogen) atoms. The maximum absolute atomic E-state index is 12.5. The number of likely N-dealkylation sites (tertiary alicyclic amines) is 1. The van der Waals surface area contributed by atoms with Gasteiger partial charge in [-0.05, 0) is 53.9 Å². The molecule has 1 aliphatic rings. The first kappa shape index (κ1) is 17.7. The van der Waals surface area contributed by atoms with Crippen LogP contribution in [0.1, 0.15) is 55.1 Å². The highest BCUT2D eigenvalue weighted by Crippen LogP contribution is 2.26. The molecule has 0 radical (unpaired) electrons. The van der Waals surface area contributed by atoms with Crippen molar-refractivity contribution in [1.29, 1.82) is 0 Å². The quantitative estimate of drug-likeness (QED) is 0.828. The van der Waals surface area contributed by atoms with Crippen molar-refractivity contribution < 1.29 is 4.79 Å². The molecule has 0 spiro atoms. The second-order valence-corrected chi connectivity index (χ2v) is 8.12. The van der Waals surface area contributed by atoms with E-state index < -0.39 is 0 Å². The SMILES string of the molecule is CC(C)(C)c1ccc(CC2CCN(C(=O)c3ccncc3)CC2)cc1. The minimum atomic E-state index is 0.135. The lowest BCUT2D eigenvalue weighted by molar-refractivity contribution is 0.0690. The van der Waals surface area contributed by atoms with Gasteiger partial charge in [0.2, 0.25) is 0 Å². The lowest BCUT2D eigenvalue weighted by atomic mass is 9.85. The summed E-state index contributed by atoms with van der Waals surface area (Å²) in [6, 6.07) is 12.7. The van der Waals surface area contributed by atoms with Gasteiger partial charge in [-0.2, -0.15) is 0 Å². The molecule has 1 aliphatic heterocycles. The van der Waals surface area contributed by atoms with Gasteiger partial charge in [0.25, 0.3) is 5.91 Å². The third-order valence-corrected chi connectivity index (χ3v) is 5.17. The fourth-order valence-electron chi connectivity index (χ4n) is 3.49. The molecule has 1 aromatic carbocycles. The number of aromatic nitrogens is 1. The first-order chi connectivity index (χ1) is 11.9. The van der Waals surface area contributed by atoms with Gasteiger partial charge in [0.1, 0.15) is 0 Å². The average molecular weight is 336 g/mol. The summed E-state index contributed by atoms with van der Waals surface area (Å²) in [6.07, 6.45) is 6.64. The van der Waals surface area contributed by atoms with Gasteiger partial charge < -0.3 is 4.90 Å². The maximum Gasteiger partial charge on any atom is 0.253 e. The second kappa shape index (κ2) is 7.38. The summed E-state index contributed by atoms with van der Waals surface area (Å²) >= 11 is 0. The van der Waals surface area contributed by atoms with Crippen LogP contribution in [-0.2, 0) is 11.8 Å². The monoisotopic (exact) mass is 336 g/mol. The van der Waals surface area contributed by atoms with E-state index >= 15 is 0 Å². The van der Waals surface area contributed by atoms with E-state index in [1.165, 1.54) is 11.1 Å². The molecular formula is C22H28N2O. The molecule has 1 amide bonds. The number of amides is 1. The van der Waals surface area contributed by atoms with Gasteiger partial charge in [-0.1, -0.05) is 45.0 Å². The maximum atomic E-state index is 12.5. The molecule has 1 saturated heterocycles. The predicted octanol–water partition coefficient (Wildman–Crippen LogP) is 4.47. The van der Waals surface area contributed by atoms with Crippen molar-refractivity contribution in [2.45, 2.75) is 45.4 Å². The number of piperidine rings is 1. The Hall–Kier alpha value is -2.16. The standard InChI is InChI=1S/C22H28N2O/c1-22(2,3)20-6-4-17(5-7-20)16-18-10-14-24(15-11-18)21(25)19-8-12-23-13-9-19/h4-9,12-13,18H,10-11,14-16H2,1-3H3. The molecule has 1 fully saturated rings. The van der Waals surface area contributed by atoms with Crippen LogP contribution in [-0.4, -0.2) is 28.9 Å². The zero-order valence-electron chi connectivity index (χ0n) is 15.5. The van der Waals surface area contributed by atoms with Crippen molar-refractivity contribution in [3.05, 3.63) is 65.5 Å². The molecular weight excluding hydrogens is 308 g/mol. The molecule has 0 unspecified atom stereocenters. The number of carbonyl (C=O) groups is 1. The van der Waals surface area contributed by atoms with Crippen molar-refractivity contribution in [2.75, 3.05) is 13.1 Å². The summed E-state index contributed by atoms with van der Waals surface area (Å²) in [4.78, 5) is 18.5. The smallest absolute Gasteiger partial charge is 0.253 e. The number of hydrogen-bond donors (Lipinski definition) is 0. The first-order valence-corrected chi connectivity index (χ1v) is 9.22. The Morgan fingerprint density at radius 2 is 1.64 bits per heavy atom. The highest BCUT2D eigenvalue weighted by molar-refractivity contribution is 5.94. The van der Waals surface area contributed by atoms with Gasteiger partial charge in [-0.15, -0.1) is 0 Å². The van der Waals surface area contributed by atoms with Crippen molar-refractivity contribution in [3.63, 3.8) is 0 Å². The number of hydrogen-bond acceptors (Lipinski definition) is 2. The van der Waals surface area contributed by atoms with Crippen LogP contribution in [0.3, 0.4) is 0 Å². The Morgan fingerprint density at radius 1 is 1.04 bits per heavy atom. The molecule has 0 saturated carbocycles.